The van der Waals surface area contributed by atoms with Gasteiger partial charge in [-0.25, -0.2) is 0 Å². The SMILES string of the molecule is CCOC(=O)C1CC[C@H](C(=O)OCC)N1. The maximum absolute atomic E-state index is 11.3. The third-order valence-corrected chi connectivity index (χ3v) is 2.29. The Labute approximate surface area is 89.1 Å². The van der Waals surface area contributed by atoms with E-state index in [0.717, 1.165) is 0 Å². The average molecular weight is 215 g/mol. The molecule has 15 heavy (non-hydrogen) atoms. The Morgan fingerprint density at radius 1 is 1.07 bits per heavy atom. The number of rotatable bonds is 4. The summed E-state index contributed by atoms with van der Waals surface area (Å²) in [5.74, 6) is -0.575. The van der Waals surface area contributed by atoms with Gasteiger partial charge in [0.1, 0.15) is 12.1 Å². The second kappa shape index (κ2) is 5.70. The maximum atomic E-state index is 11.3. The predicted octanol–water partition coefficient (Wildman–Crippen LogP) is 0.233. The van der Waals surface area contributed by atoms with Crippen LogP contribution in [0, 0.1) is 0 Å². The number of esters is 2. The lowest BCUT2D eigenvalue weighted by Crippen LogP contribution is -2.41. The first-order valence-electron chi connectivity index (χ1n) is 5.28. The summed E-state index contributed by atoms with van der Waals surface area (Å²) in [6.07, 6.45) is 1.25. The second-order valence-corrected chi connectivity index (χ2v) is 3.35. The van der Waals surface area contributed by atoms with Crippen LogP contribution in [0.4, 0.5) is 0 Å². The number of ether oxygens (including phenoxy) is 2. The number of carbonyl (C=O) groups is 2. The molecule has 1 unspecified atom stereocenters. The van der Waals surface area contributed by atoms with E-state index in [1.807, 2.05) is 0 Å². The van der Waals surface area contributed by atoms with Gasteiger partial charge in [0.05, 0.1) is 13.2 Å². The lowest BCUT2D eigenvalue weighted by Gasteiger charge is -2.12. The smallest absolute Gasteiger partial charge is 0.323 e. The molecule has 0 amide bonds. The largest absolute Gasteiger partial charge is 0.465 e. The highest BCUT2D eigenvalue weighted by Gasteiger charge is 2.34. The summed E-state index contributed by atoms with van der Waals surface area (Å²) >= 11 is 0. The molecule has 2 atom stereocenters. The van der Waals surface area contributed by atoms with Crippen LogP contribution >= 0.6 is 0 Å². The van der Waals surface area contributed by atoms with Crippen molar-refractivity contribution < 1.29 is 19.1 Å². The minimum Gasteiger partial charge on any atom is -0.465 e. The summed E-state index contributed by atoms with van der Waals surface area (Å²) in [5.41, 5.74) is 0. The molecule has 0 aromatic heterocycles. The molecule has 0 saturated carbocycles. The topological polar surface area (TPSA) is 64.6 Å². The van der Waals surface area contributed by atoms with Crippen molar-refractivity contribution in [3.63, 3.8) is 0 Å². The minimum absolute atomic E-state index is 0.288. The summed E-state index contributed by atoms with van der Waals surface area (Å²) in [6, 6.07) is -0.723. The van der Waals surface area contributed by atoms with Crippen molar-refractivity contribution in [2.75, 3.05) is 13.2 Å². The van der Waals surface area contributed by atoms with E-state index in [1.165, 1.54) is 0 Å². The molecule has 1 saturated heterocycles. The van der Waals surface area contributed by atoms with Crippen LogP contribution in [-0.2, 0) is 19.1 Å². The quantitative estimate of drug-likeness (QED) is 0.680. The Bertz CT molecular complexity index is 218. The first-order chi connectivity index (χ1) is 7.19. The van der Waals surface area contributed by atoms with Gasteiger partial charge in [0.15, 0.2) is 0 Å². The van der Waals surface area contributed by atoms with Gasteiger partial charge in [0.25, 0.3) is 0 Å². The highest BCUT2D eigenvalue weighted by Crippen LogP contribution is 2.14. The summed E-state index contributed by atoms with van der Waals surface area (Å²) in [6.45, 7) is 4.24. The van der Waals surface area contributed by atoms with Gasteiger partial charge in [-0.2, -0.15) is 0 Å². The van der Waals surface area contributed by atoms with Crippen molar-refractivity contribution in [2.45, 2.75) is 38.8 Å². The highest BCUT2D eigenvalue weighted by atomic mass is 16.5. The van der Waals surface area contributed by atoms with E-state index in [2.05, 4.69) is 5.32 Å². The monoisotopic (exact) mass is 215 g/mol. The molecule has 1 aliphatic heterocycles. The van der Waals surface area contributed by atoms with Crippen LogP contribution in [0.25, 0.3) is 0 Å². The standard InChI is InChI=1S/C10H17NO4/c1-3-14-9(12)7-5-6-8(11-7)10(13)15-4-2/h7-8,11H,3-6H2,1-2H3/t7-,8?/m1/s1. The molecule has 0 aromatic carbocycles. The molecule has 1 fully saturated rings. The number of hydrogen-bond acceptors (Lipinski definition) is 5. The van der Waals surface area contributed by atoms with Gasteiger partial charge in [0.2, 0.25) is 0 Å². The van der Waals surface area contributed by atoms with Crippen molar-refractivity contribution in [3.05, 3.63) is 0 Å². The zero-order chi connectivity index (χ0) is 11.3. The average Bonchev–Trinajstić information content (AvgIpc) is 2.67. The van der Waals surface area contributed by atoms with Gasteiger partial charge in [-0.1, -0.05) is 0 Å². The number of hydrogen-bond donors (Lipinski definition) is 1. The summed E-state index contributed by atoms with van der Waals surface area (Å²) in [7, 11) is 0. The molecule has 5 nitrogen and oxygen atoms in total. The number of carbonyl (C=O) groups excluding carboxylic acids is 2. The van der Waals surface area contributed by atoms with E-state index in [0.29, 0.717) is 26.1 Å². The minimum atomic E-state index is -0.362. The predicted molar refractivity (Wildman–Crippen MR) is 53.2 cm³/mol. The summed E-state index contributed by atoms with van der Waals surface area (Å²) in [4.78, 5) is 22.7. The van der Waals surface area contributed by atoms with Crippen LogP contribution < -0.4 is 5.32 Å². The summed E-state index contributed by atoms with van der Waals surface area (Å²) < 4.78 is 9.72. The van der Waals surface area contributed by atoms with E-state index in [1.54, 1.807) is 13.8 Å². The highest BCUT2D eigenvalue weighted by molar-refractivity contribution is 5.81. The van der Waals surface area contributed by atoms with Crippen molar-refractivity contribution >= 4 is 11.9 Å². The first-order valence-corrected chi connectivity index (χ1v) is 5.28. The van der Waals surface area contributed by atoms with Crippen LogP contribution in [0.15, 0.2) is 0 Å². The lowest BCUT2D eigenvalue weighted by molar-refractivity contribution is -0.146. The van der Waals surface area contributed by atoms with Gasteiger partial charge in [-0.15, -0.1) is 0 Å². The fraction of sp³-hybridized carbons (Fsp3) is 0.800. The van der Waals surface area contributed by atoms with Gasteiger partial charge in [-0.3, -0.25) is 14.9 Å². The Morgan fingerprint density at radius 3 is 1.80 bits per heavy atom. The molecule has 1 rings (SSSR count). The molecule has 1 aliphatic rings. The molecule has 0 bridgehead atoms. The van der Waals surface area contributed by atoms with E-state index in [-0.39, 0.29) is 24.0 Å². The molecule has 0 aliphatic carbocycles. The van der Waals surface area contributed by atoms with Crippen LogP contribution in [-0.4, -0.2) is 37.2 Å². The van der Waals surface area contributed by atoms with E-state index < -0.39 is 0 Å². The first kappa shape index (κ1) is 12.0. The molecular formula is C10H17NO4. The number of nitrogens with one attached hydrogen (secondary N) is 1. The van der Waals surface area contributed by atoms with E-state index in [9.17, 15) is 9.59 Å². The maximum Gasteiger partial charge on any atom is 0.323 e. The van der Waals surface area contributed by atoms with Crippen LogP contribution in [0.2, 0.25) is 0 Å². The Kier molecular flexibility index (Phi) is 4.55. The van der Waals surface area contributed by atoms with Crippen molar-refractivity contribution in [1.82, 2.24) is 5.32 Å². The third-order valence-electron chi connectivity index (χ3n) is 2.29. The molecule has 1 heterocycles. The molecule has 0 radical (unpaired) electrons. The van der Waals surface area contributed by atoms with Crippen LogP contribution in [0.1, 0.15) is 26.7 Å². The Balaban J connectivity index is 2.38. The Morgan fingerprint density at radius 2 is 1.47 bits per heavy atom. The fourth-order valence-electron chi connectivity index (χ4n) is 1.60. The molecule has 86 valence electrons. The van der Waals surface area contributed by atoms with E-state index in [4.69, 9.17) is 9.47 Å². The van der Waals surface area contributed by atoms with Crippen LogP contribution in [0.3, 0.4) is 0 Å². The Hall–Kier alpha value is -1.10. The molecule has 0 spiro atoms. The van der Waals surface area contributed by atoms with Crippen molar-refractivity contribution in [3.8, 4) is 0 Å². The van der Waals surface area contributed by atoms with Gasteiger partial charge in [-0.05, 0) is 26.7 Å². The van der Waals surface area contributed by atoms with E-state index >= 15 is 0 Å². The van der Waals surface area contributed by atoms with Gasteiger partial charge >= 0.3 is 11.9 Å². The summed E-state index contributed by atoms with van der Waals surface area (Å²) in [5, 5.41) is 2.91. The van der Waals surface area contributed by atoms with Crippen molar-refractivity contribution in [1.29, 1.82) is 0 Å². The van der Waals surface area contributed by atoms with Crippen molar-refractivity contribution in [2.24, 2.45) is 0 Å². The lowest BCUT2D eigenvalue weighted by atomic mass is 10.2. The zero-order valence-electron chi connectivity index (χ0n) is 9.12. The molecule has 1 N–H and O–H groups in total. The molecular weight excluding hydrogens is 198 g/mol. The van der Waals surface area contributed by atoms with Crippen LogP contribution in [0.5, 0.6) is 0 Å². The normalized spacial score (nSPS) is 24.9. The fourth-order valence-corrected chi connectivity index (χ4v) is 1.60. The molecule has 5 heteroatoms. The zero-order valence-corrected chi connectivity index (χ0v) is 9.12. The molecule has 0 aromatic rings. The van der Waals surface area contributed by atoms with Gasteiger partial charge < -0.3 is 9.47 Å². The van der Waals surface area contributed by atoms with Gasteiger partial charge in [0, 0.05) is 0 Å². The second-order valence-electron chi connectivity index (χ2n) is 3.35. The third kappa shape index (κ3) is 3.20.